The maximum Gasteiger partial charge on any atom is 0.237 e. The Morgan fingerprint density at radius 3 is 2.71 bits per heavy atom. The van der Waals surface area contributed by atoms with Crippen LogP contribution in [-0.4, -0.2) is 83.2 Å². The van der Waals surface area contributed by atoms with Crippen LogP contribution < -0.4 is 4.74 Å². The molecule has 2 spiro atoms. The Labute approximate surface area is 208 Å². The Hall–Kier alpha value is -1.79. The smallest absolute Gasteiger partial charge is 0.237 e. The first-order chi connectivity index (χ1) is 17.1. The number of phenols is 1. The molecular weight excluding hydrogens is 438 g/mol. The predicted molar refractivity (Wildman–Crippen MR) is 133 cm³/mol. The monoisotopic (exact) mass is 477 g/mol. The van der Waals surface area contributed by atoms with Gasteiger partial charge in [0.05, 0.1) is 12.6 Å². The molecule has 5 atom stereocenters. The van der Waals surface area contributed by atoms with Crippen molar-refractivity contribution in [2.24, 2.45) is 11.3 Å². The molecule has 5 heterocycles. The summed E-state index contributed by atoms with van der Waals surface area (Å²) >= 11 is 0. The zero-order chi connectivity index (χ0) is 23.4. The van der Waals surface area contributed by atoms with Gasteiger partial charge in [0, 0.05) is 35.5 Å². The number of carbonyl (C=O) groups is 1. The van der Waals surface area contributed by atoms with Crippen LogP contribution in [-0.2, 0) is 16.6 Å². The van der Waals surface area contributed by atoms with Crippen molar-refractivity contribution in [3.8, 4) is 11.5 Å². The predicted octanol–water partition coefficient (Wildman–Crippen LogP) is 3.30. The fraction of sp³-hybridized carbons (Fsp3) is 0.759. The molecule has 188 valence electrons. The molecule has 6 heteroatoms. The first-order valence-corrected chi connectivity index (χ1v) is 14.4. The number of aromatic hydroxyl groups is 1. The third-order valence-electron chi connectivity index (χ3n) is 11.3. The van der Waals surface area contributed by atoms with Gasteiger partial charge in [-0.3, -0.25) is 14.6 Å². The van der Waals surface area contributed by atoms with E-state index < -0.39 is 0 Å². The summed E-state index contributed by atoms with van der Waals surface area (Å²) in [5, 5.41) is 10.9. The van der Waals surface area contributed by atoms with Crippen molar-refractivity contribution in [2.45, 2.75) is 87.8 Å². The number of ether oxygens (including phenoxy) is 1. The Balaban J connectivity index is 1.21. The fourth-order valence-corrected chi connectivity index (χ4v) is 9.70. The largest absolute Gasteiger partial charge is 0.504 e. The van der Waals surface area contributed by atoms with Crippen LogP contribution in [0.4, 0.5) is 0 Å². The lowest BCUT2D eigenvalue weighted by atomic mass is 9.42. The minimum Gasteiger partial charge on any atom is -0.504 e. The van der Waals surface area contributed by atoms with Crippen molar-refractivity contribution in [3.05, 3.63) is 23.3 Å². The van der Waals surface area contributed by atoms with Gasteiger partial charge in [-0.2, -0.15) is 0 Å². The lowest BCUT2D eigenvalue weighted by molar-refractivity contribution is -0.145. The molecule has 0 unspecified atom stereocenters. The molecule has 0 aromatic heterocycles. The van der Waals surface area contributed by atoms with Crippen LogP contribution in [0, 0.1) is 11.3 Å². The van der Waals surface area contributed by atoms with Gasteiger partial charge >= 0.3 is 0 Å². The molecule has 1 N–H and O–H groups in total. The Kier molecular flexibility index (Phi) is 4.49. The van der Waals surface area contributed by atoms with E-state index in [0.29, 0.717) is 24.2 Å². The zero-order valence-electron chi connectivity index (χ0n) is 20.9. The van der Waals surface area contributed by atoms with Crippen molar-refractivity contribution in [1.82, 2.24) is 14.7 Å². The highest BCUT2D eigenvalue weighted by atomic mass is 16.5. The number of carbonyl (C=O) groups excluding carboxylic acids is 1. The van der Waals surface area contributed by atoms with Crippen LogP contribution in [0.15, 0.2) is 12.1 Å². The van der Waals surface area contributed by atoms with Crippen LogP contribution in [0.2, 0.25) is 0 Å². The molecule has 2 saturated carbocycles. The van der Waals surface area contributed by atoms with Gasteiger partial charge < -0.3 is 14.7 Å². The van der Waals surface area contributed by atoms with Crippen molar-refractivity contribution in [3.63, 3.8) is 0 Å². The van der Waals surface area contributed by atoms with Gasteiger partial charge in [-0.15, -0.1) is 0 Å². The number of amides is 1. The number of phenolic OH excluding ortho intramolecular Hbond substituents is 1. The highest BCUT2D eigenvalue weighted by Crippen LogP contribution is 2.71. The van der Waals surface area contributed by atoms with E-state index in [4.69, 9.17) is 4.74 Å². The van der Waals surface area contributed by atoms with E-state index in [-0.39, 0.29) is 23.0 Å². The van der Waals surface area contributed by atoms with Crippen molar-refractivity contribution >= 4 is 5.91 Å². The summed E-state index contributed by atoms with van der Waals surface area (Å²) in [4.78, 5) is 21.3. The first kappa shape index (κ1) is 21.3. The highest BCUT2D eigenvalue weighted by molar-refractivity contribution is 5.79. The topological polar surface area (TPSA) is 56.3 Å². The Bertz CT molecular complexity index is 1070. The Morgan fingerprint density at radius 1 is 1.03 bits per heavy atom. The van der Waals surface area contributed by atoms with E-state index in [1.54, 1.807) is 0 Å². The molecule has 9 rings (SSSR count). The van der Waals surface area contributed by atoms with E-state index in [1.165, 1.54) is 56.2 Å². The molecule has 1 aromatic rings. The lowest BCUT2D eigenvalue weighted by Gasteiger charge is -2.66. The number of benzene rings is 1. The number of fused-ring (bicyclic) bond motifs is 3. The van der Waals surface area contributed by atoms with Gasteiger partial charge in [0.15, 0.2) is 11.5 Å². The van der Waals surface area contributed by atoms with Gasteiger partial charge in [-0.1, -0.05) is 12.5 Å². The summed E-state index contributed by atoms with van der Waals surface area (Å²) in [5.41, 5.74) is 2.82. The number of likely N-dealkylation sites (tertiary alicyclic amines) is 2. The summed E-state index contributed by atoms with van der Waals surface area (Å²) in [6.45, 7) is 5.92. The summed E-state index contributed by atoms with van der Waals surface area (Å²) < 4.78 is 6.84. The molecule has 3 aliphatic carbocycles. The van der Waals surface area contributed by atoms with Crippen LogP contribution in [0.1, 0.15) is 68.9 Å². The molecule has 35 heavy (non-hydrogen) atoms. The molecule has 4 saturated heterocycles. The Morgan fingerprint density at radius 2 is 1.89 bits per heavy atom. The first-order valence-electron chi connectivity index (χ1n) is 14.4. The second-order valence-corrected chi connectivity index (χ2v) is 12.8. The molecule has 8 aliphatic rings. The van der Waals surface area contributed by atoms with E-state index in [1.807, 2.05) is 6.07 Å². The van der Waals surface area contributed by atoms with Crippen LogP contribution in [0.5, 0.6) is 11.5 Å². The minimum atomic E-state index is -0.0531. The fourth-order valence-electron chi connectivity index (χ4n) is 9.70. The molecule has 0 radical (unpaired) electrons. The second kappa shape index (κ2) is 7.38. The summed E-state index contributed by atoms with van der Waals surface area (Å²) in [7, 11) is 0. The third-order valence-corrected chi connectivity index (χ3v) is 11.3. The van der Waals surface area contributed by atoms with E-state index in [2.05, 4.69) is 20.8 Å². The maximum atomic E-state index is 13.8. The number of rotatable bonds is 4. The average Bonchev–Trinajstić information content (AvgIpc) is 3.65. The van der Waals surface area contributed by atoms with Crippen molar-refractivity contribution < 1.29 is 14.6 Å². The quantitative estimate of drug-likeness (QED) is 0.721. The number of nitrogens with zero attached hydrogens (tertiary/aromatic N) is 3. The molecule has 6 nitrogen and oxygen atoms in total. The molecule has 1 aromatic carbocycles. The molecule has 1 amide bonds. The number of piperidine rings is 2. The SMILES string of the molecule is O=C(CN1CCCCC1)N1CC[C@@]23CC[C@@H]1[C@@H]1Oc4c(O)ccc5c4[C@@]12CCN(CC1CC1)[C@@H]3C5. The molecule has 6 fully saturated rings. The summed E-state index contributed by atoms with van der Waals surface area (Å²) in [6.07, 6.45) is 12.0. The number of hydrogen-bond donors (Lipinski definition) is 1. The van der Waals surface area contributed by atoms with Crippen LogP contribution >= 0.6 is 0 Å². The highest BCUT2D eigenvalue weighted by Gasteiger charge is 2.74. The average molecular weight is 478 g/mol. The minimum absolute atomic E-state index is 0.0167. The summed E-state index contributed by atoms with van der Waals surface area (Å²) in [5.74, 6) is 2.24. The normalized spacial score (nSPS) is 39.8. The van der Waals surface area contributed by atoms with Gasteiger partial charge in [0.1, 0.15) is 6.10 Å². The van der Waals surface area contributed by atoms with Gasteiger partial charge in [0.2, 0.25) is 5.91 Å². The van der Waals surface area contributed by atoms with Gasteiger partial charge in [-0.05, 0) is 95.0 Å². The zero-order valence-corrected chi connectivity index (χ0v) is 20.9. The molecule has 4 bridgehead atoms. The van der Waals surface area contributed by atoms with E-state index in [9.17, 15) is 9.90 Å². The van der Waals surface area contributed by atoms with Crippen LogP contribution in [0.25, 0.3) is 0 Å². The van der Waals surface area contributed by atoms with Crippen molar-refractivity contribution in [2.75, 3.05) is 39.3 Å². The van der Waals surface area contributed by atoms with Crippen molar-refractivity contribution in [1.29, 1.82) is 0 Å². The van der Waals surface area contributed by atoms with Gasteiger partial charge in [-0.25, -0.2) is 0 Å². The summed E-state index contributed by atoms with van der Waals surface area (Å²) in [6, 6.07) is 4.69. The number of hydrogen-bond acceptors (Lipinski definition) is 5. The second-order valence-electron chi connectivity index (χ2n) is 12.8. The van der Waals surface area contributed by atoms with E-state index in [0.717, 1.165) is 63.5 Å². The third kappa shape index (κ3) is 2.76. The van der Waals surface area contributed by atoms with E-state index >= 15 is 0 Å². The maximum absolute atomic E-state index is 13.8. The molecule has 5 aliphatic heterocycles. The standard InChI is InChI=1S/C29H39N3O3/c33-22-7-6-20-16-23-28-9-8-21(32(15-10-28)24(34)18-30-12-2-1-3-13-30)27-29(28,25(20)26(22)35-27)11-14-31(23)17-19-4-5-19/h6-7,19,21,23,27,33H,1-5,8-18H2/t21-,23-,27+,28-,29+/m1/s1. The van der Waals surface area contributed by atoms with Gasteiger partial charge in [0.25, 0.3) is 0 Å². The van der Waals surface area contributed by atoms with Crippen LogP contribution in [0.3, 0.4) is 0 Å². The lowest BCUT2D eigenvalue weighted by Crippen LogP contribution is -2.72. The molecular formula is C29H39N3O3.